The number of benzene rings is 1. The number of Topliss-reactive ketones (excluding diaryl/α,β-unsaturated/α-hetero) is 1. The molecular formula is C30H32N4O5S. The number of esters is 1. The second-order valence-electron chi connectivity index (χ2n) is 11.3. The molecule has 5 rings (SSSR count). The van der Waals surface area contributed by atoms with Crippen molar-refractivity contribution in [1.29, 1.82) is 5.26 Å². The second kappa shape index (κ2) is 10.5. The summed E-state index contributed by atoms with van der Waals surface area (Å²) in [6, 6.07) is 8.24. The molecule has 2 aromatic rings. The van der Waals surface area contributed by atoms with E-state index in [1.165, 1.54) is 23.5 Å². The van der Waals surface area contributed by atoms with Gasteiger partial charge in [0.1, 0.15) is 10.8 Å². The molecular weight excluding hydrogens is 528 g/mol. The highest BCUT2D eigenvalue weighted by molar-refractivity contribution is 7.16. The number of aryl methyl sites for hydroxylation is 1. The number of nitrogens with zero attached hydrogens (tertiary/aromatic N) is 3. The largest absolute Gasteiger partial charge is 0.462 e. The van der Waals surface area contributed by atoms with Crippen LogP contribution in [0.1, 0.15) is 85.2 Å². The number of hydrogen-bond donors (Lipinski definition) is 1. The lowest BCUT2D eigenvalue weighted by Crippen LogP contribution is -2.42. The summed E-state index contributed by atoms with van der Waals surface area (Å²) in [5, 5.41) is 22.6. The minimum atomic E-state index is -0.844. The first kappa shape index (κ1) is 27.6. The zero-order chi connectivity index (χ0) is 28.8. The molecule has 0 fully saturated rings. The van der Waals surface area contributed by atoms with Crippen molar-refractivity contribution in [3.63, 3.8) is 0 Å². The van der Waals surface area contributed by atoms with E-state index in [0.717, 1.165) is 42.5 Å². The number of carbonyl (C=O) groups is 2. The summed E-state index contributed by atoms with van der Waals surface area (Å²) in [5.41, 5.74) is 9.35. The van der Waals surface area contributed by atoms with Crippen molar-refractivity contribution in [2.45, 2.75) is 71.6 Å². The van der Waals surface area contributed by atoms with Gasteiger partial charge < -0.3 is 10.5 Å². The maximum Gasteiger partial charge on any atom is 0.341 e. The van der Waals surface area contributed by atoms with Gasteiger partial charge in [-0.1, -0.05) is 32.4 Å². The highest BCUT2D eigenvalue weighted by Gasteiger charge is 2.46. The summed E-state index contributed by atoms with van der Waals surface area (Å²) in [6.07, 6.45) is 5.36. The topological polar surface area (TPSA) is 140 Å². The lowest BCUT2D eigenvalue weighted by molar-refractivity contribution is -0.384. The van der Waals surface area contributed by atoms with Crippen LogP contribution in [-0.4, -0.2) is 23.3 Å². The fourth-order valence-corrected chi connectivity index (χ4v) is 7.61. The Morgan fingerprint density at radius 1 is 1.27 bits per heavy atom. The first-order valence-corrected chi connectivity index (χ1v) is 14.4. The number of nitro benzene ring substituents is 1. The van der Waals surface area contributed by atoms with Crippen molar-refractivity contribution < 1.29 is 19.2 Å². The van der Waals surface area contributed by atoms with Gasteiger partial charge in [-0.2, -0.15) is 5.26 Å². The summed E-state index contributed by atoms with van der Waals surface area (Å²) in [4.78, 5) is 41.2. The van der Waals surface area contributed by atoms with Gasteiger partial charge in [0.2, 0.25) is 0 Å². The van der Waals surface area contributed by atoms with Crippen LogP contribution in [0, 0.1) is 26.9 Å². The molecule has 0 saturated carbocycles. The summed E-state index contributed by atoms with van der Waals surface area (Å²) in [5.74, 6) is -1.29. The van der Waals surface area contributed by atoms with E-state index in [0.29, 0.717) is 33.8 Å². The van der Waals surface area contributed by atoms with Crippen LogP contribution in [0.5, 0.6) is 0 Å². The Hall–Kier alpha value is -3.97. The zero-order valence-electron chi connectivity index (χ0n) is 22.9. The Morgan fingerprint density at radius 2 is 2.02 bits per heavy atom. The van der Waals surface area contributed by atoms with Gasteiger partial charge in [-0.15, -0.1) is 11.3 Å². The number of rotatable bonds is 5. The lowest BCUT2D eigenvalue weighted by Gasteiger charge is -2.43. The maximum absolute atomic E-state index is 13.9. The molecule has 0 bridgehead atoms. The Morgan fingerprint density at radius 3 is 2.73 bits per heavy atom. The normalized spacial score (nSPS) is 20.4. The number of ketones is 1. The second-order valence-corrected chi connectivity index (χ2v) is 12.4. The van der Waals surface area contributed by atoms with Crippen LogP contribution in [0.15, 0.2) is 46.9 Å². The molecule has 0 radical (unpaired) electrons. The fourth-order valence-electron chi connectivity index (χ4n) is 6.19. The Labute approximate surface area is 237 Å². The SMILES string of the molecule is CCOC(=O)c1c(N2C(N)=C(C#N)C(c3cccc([N+](=O)[O-])c3)C3=C2CC(C)(C)CC3=O)sc2c1CCCCC2. The Balaban J connectivity index is 1.79. The number of nitro groups is 1. The third-order valence-corrected chi connectivity index (χ3v) is 9.16. The van der Waals surface area contributed by atoms with Crippen LogP contribution >= 0.6 is 11.3 Å². The molecule has 1 aromatic carbocycles. The van der Waals surface area contributed by atoms with E-state index in [1.807, 2.05) is 13.8 Å². The molecule has 2 heterocycles. The summed E-state index contributed by atoms with van der Waals surface area (Å²) >= 11 is 1.48. The van der Waals surface area contributed by atoms with E-state index < -0.39 is 22.2 Å². The van der Waals surface area contributed by atoms with Gasteiger partial charge in [-0.05, 0) is 55.6 Å². The van der Waals surface area contributed by atoms with Gasteiger partial charge in [0.25, 0.3) is 5.69 Å². The van der Waals surface area contributed by atoms with Crippen molar-refractivity contribution in [3.05, 3.63) is 78.6 Å². The molecule has 40 heavy (non-hydrogen) atoms. The predicted octanol–water partition coefficient (Wildman–Crippen LogP) is 6.04. The van der Waals surface area contributed by atoms with Crippen molar-refractivity contribution in [3.8, 4) is 6.07 Å². The molecule has 1 atom stereocenters. The van der Waals surface area contributed by atoms with Crippen molar-refractivity contribution in [2.24, 2.45) is 11.1 Å². The van der Waals surface area contributed by atoms with E-state index in [1.54, 1.807) is 24.0 Å². The van der Waals surface area contributed by atoms with Crippen LogP contribution in [0.3, 0.4) is 0 Å². The van der Waals surface area contributed by atoms with Gasteiger partial charge in [-0.25, -0.2) is 4.79 Å². The molecule has 1 aromatic heterocycles. The number of ether oxygens (including phenoxy) is 1. The van der Waals surface area contributed by atoms with Crippen molar-refractivity contribution >= 4 is 33.8 Å². The molecule has 2 N–H and O–H groups in total. The number of carbonyl (C=O) groups excluding carboxylic acids is 2. The Kier molecular flexibility index (Phi) is 7.27. The quantitative estimate of drug-likeness (QED) is 0.202. The maximum atomic E-state index is 13.9. The molecule has 1 aliphatic heterocycles. The molecule has 0 amide bonds. The smallest absolute Gasteiger partial charge is 0.341 e. The average molecular weight is 561 g/mol. The van der Waals surface area contributed by atoms with Crippen LogP contribution in [0.4, 0.5) is 10.7 Å². The third-order valence-electron chi connectivity index (χ3n) is 7.88. The standard InChI is InChI=1S/C30H32N4O5S/c1-4-39-29(36)25-19-11-6-5-7-12-23(19)40-28(25)33-21-14-30(2,3)15-22(35)26(21)24(20(16-31)27(33)32)17-9-8-10-18(13-17)34(37)38/h8-10,13,24H,4-7,11-12,14-15,32H2,1-3H3. The van der Waals surface area contributed by atoms with Crippen LogP contribution in [0.2, 0.25) is 0 Å². The first-order chi connectivity index (χ1) is 19.1. The number of fused-ring (bicyclic) bond motifs is 1. The van der Waals surface area contributed by atoms with Crippen molar-refractivity contribution in [2.75, 3.05) is 11.5 Å². The molecule has 0 spiro atoms. The summed E-state index contributed by atoms with van der Waals surface area (Å²) in [6.45, 7) is 5.99. The third kappa shape index (κ3) is 4.68. The zero-order valence-corrected chi connectivity index (χ0v) is 23.7. The lowest BCUT2D eigenvalue weighted by atomic mass is 9.68. The number of anilines is 1. The van der Waals surface area contributed by atoms with E-state index >= 15 is 0 Å². The molecule has 9 nitrogen and oxygen atoms in total. The van der Waals surface area contributed by atoms with E-state index in [2.05, 4.69) is 6.07 Å². The minimum Gasteiger partial charge on any atom is -0.462 e. The van der Waals surface area contributed by atoms with E-state index in [-0.39, 0.29) is 35.9 Å². The number of hydrogen-bond acceptors (Lipinski definition) is 9. The molecule has 1 unspecified atom stereocenters. The number of nitrogens with two attached hydrogens (primary N) is 1. The summed E-state index contributed by atoms with van der Waals surface area (Å²) < 4.78 is 5.51. The van der Waals surface area contributed by atoms with Gasteiger partial charge in [0, 0.05) is 34.7 Å². The molecule has 0 saturated heterocycles. The van der Waals surface area contributed by atoms with Crippen LogP contribution < -0.4 is 10.6 Å². The fraction of sp³-hybridized carbons (Fsp3) is 0.433. The van der Waals surface area contributed by atoms with Gasteiger partial charge in [0.05, 0.1) is 34.7 Å². The molecule has 10 heteroatoms. The molecule has 208 valence electrons. The van der Waals surface area contributed by atoms with E-state index in [4.69, 9.17) is 10.5 Å². The number of nitriles is 1. The highest BCUT2D eigenvalue weighted by Crippen LogP contribution is 2.53. The van der Waals surface area contributed by atoms with Gasteiger partial charge in [0.15, 0.2) is 5.78 Å². The monoisotopic (exact) mass is 560 g/mol. The van der Waals surface area contributed by atoms with Crippen molar-refractivity contribution in [1.82, 2.24) is 0 Å². The van der Waals surface area contributed by atoms with Gasteiger partial charge in [-0.3, -0.25) is 19.8 Å². The first-order valence-electron chi connectivity index (χ1n) is 13.6. The number of thiophene rings is 1. The average Bonchev–Trinajstić information content (AvgIpc) is 3.09. The molecule has 3 aliphatic rings. The predicted molar refractivity (Wildman–Crippen MR) is 152 cm³/mol. The minimum absolute atomic E-state index is 0.130. The number of non-ortho nitro benzene ring substituents is 1. The Bertz CT molecular complexity index is 1530. The number of allylic oxidation sites excluding steroid dienone is 3. The van der Waals surface area contributed by atoms with E-state index in [9.17, 15) is 25.0 Å². The summed E-state index contributed by atoms with van der Waals surface area (Å²) in [7, 11) is 0. The highest BCUT2D eigenvalue weighted by atomic mass is 32.1. The molecule has 2 aliphatic carbocycles. The van der Waals surface area contributed by atoms with Crippen LogP contribution in [0.25, 0.3) is 0 Å². The van der Waals surface area contributed by atoms with Gasteiger partial charge >= 0.3 is 5.97 Å². The van der Waals surface area contributed by atoms with Crippen LogP contribution in [-0.2, 0) is 22.4 Å².